The summed E-state index contributed by atoms with van der Waals surface area (Å²) in [7, 11) is 1.82. The van der Waals surface area contributed by atoms with E-state index in [-0.39, 0.29) is 17.4 Å². The molecule has 1 fully saturated rings. The third-order valence-corrected chi connectivity index (χ3v) is 6.81. The van der Waals surface area contributed by atoms with E-state index in [2.05, 4.69) is 10.2 Å². The van der Waals surface area contributed by atoms with Crippen molar-refractivity contribution >= 4 is 34.8 Å². The Kier molecular flexibility index (Phi) is 6.74. The maximum atomic E-state index is 13.1. The Morgan fingerprint density at radius 1 is 1.12 bits per heavy atom. The molecule has 0 radical (unpaired) electrons. The molecule has 4 rings (SSSR count). The lowest BCUT2D eigenvalue weighted by molar-refractivity contribution is -0.121. The van der Waals surface area contributed by atoms with Crippen molar-refractivity contribution in [2.24, 2.45) is 13.0 Å². The van der Waals surface area contributed by atoms with Crippen LogP contribution in [0.2, 0.25) is 10.0 Å². The van der Waals surface area contributed by atoms with Gasteiger partial charge in [-0.3, -0.25) is 19.2 Å². The predicted octanol–water partition coefficient (Wildman–Crippen LogP) is 4.64. The first-order chi connectivity index (χ1) is 15.3. The lowest BCUT2D eigenvalue weighted by Crippen LogP contribution is -2.40. The Morgan fingerprint density at radius 2 is 1.88 bits per heavy atom. The molecule has 1 atom stereocenters. The average molecular weight is 473 g/mol. The fourth-order valence-corrected chi connectivity index (χ4v) is 4.57. The van der Waals surface area contributed by atoms with Crippen LogP contribution in [-0.4, -0.2) is 33.3 Å². The van der Waals surface area contributed by atoms with Gasteiger partial charge in [-0.2, -0.15) is 0 Å². The Hall–Kier alpha value is -2.54. The second kappa shape index (κ2) is 9.53. The van der Waals surface area contributed by atoms with Gasteiger partial charge in [0.25, 0.3) is 5.56 Å². The number of likely N-dealkylation sites (tertiary alicyclic amines) is 1. The van der Waals surface area contributed by atoms with Crippen molar-refractivity contribution < 1.29 is 4.79 Å². The van der Waals surface area contributed by atoms with E-state index in [0.29, 0.717) is 28.8 Å². The smallest absolute Gasteiger partial charge is 0.295 e. The van der Waals surface area contributed by atoms with Gasteiger partial charge < -0.3 is 5.32 Å². The highest BCUT2D eigenvalue weighted by molar-refractivity contribution is 6.42. The summed E-state index contributed by atoms with van der Waals surface area (Å²) in [5.74, 6) is -0.300. The maximum absolute atomic E-state index is 13.1. The monoisotopic (exact) mass is 472 g/mol. The molecule has 1 aliphatic heterocycles. The minimum Gasteiger partial charge on any atom is -0.320 e. The molecule has 1 N–H and O–H groups in total. The van der Waals surface area contributed by atoms with E-state index in [9.17, 15) is 9.59 Å². The summed E-state index contributed by atoms with van der Waals surface area (Å²) in [5.41, 5.74) is 2.64. The molecule has 0 aliphatic carbocycles. The van der Waals surface area contributed by atoms with Crippen LogP contribution in [-0.2, 0) is 18.4 Å². The lowest BCUT2D eigenvalue weighted by atomic mass is 9.96. The van der Waals surface area contributed by atoms with Gasteiger partial charge in [0.05, 0.1) is 27.3 Å². The average Bonchev–Trinajstić information content (AvgIpc) is 3.00. The van der Waals surface area contributed by atoms with Gasteiger partial charge in [-0.25, -0.2) is 4.68 Å². The Morgan fingerprint density at radius 3 is 2.59 bits per heavy atom. The van der Waals surface area contributed by atoms with Crippen LogP contribution in [0, 0.1) is 12.8 Å². The minimum absolute atomic E-state index is 0.116. The zero-order valence-corrected chi connectivity index (χ0v) is 19.7. The number of rotatable bonds is 5. The molecule has 32 heavy (non-hydrogen) atoms. The number of carbonyl (C=O) groups excluding carboxylic acids is 1. The van der Waals surface area contributed by atoms with Gasteiger partial charge in [-0.15, -0.1) is 0 Å². The van der Waals surface area contributed by atoms with Crippen molar-refractivity contribution in [3.63, 3.8) is 0 Å². The maximum Gasteiger partial charge on any atom is 0.295 e. The standard InChI is InChI=1S/C24H26Cl2N4O2/c1-16-22(24(32)30(28(16)2)19-8-4-3-5-9-19)27-23(31)18-7-6-12-29(15-18)14-17-10-11-20(25)21(26)13-17/h3-5,8-11,13,18H,6-7,12,14-15H2,1-2H3,(H,27,31). The number of carbonyl (C=O) groups is 1. The number of aromatic nitrogens is 2. The van der Waals surface area contributed by atoms with Crippen LogP contribution in [0.5, 0.6) is 0 Å². The first-order valence-corrected chi connectivity index (χ1v) is 11.4. The van der Waals surface area contributed by atoms with Crippen LogP contribution in [0.25, 0.3) is 5.69 Å². The number of anilines is 1. The van der Waals surface area contributed by atoms with Gasteiger partial charge in [0, 0.05) is 20.1 Å². The zero-order valence-electron chi connectivity index (χ0n) is 18.1. The topological polar surface area (TPSA) is 59.3 Å². The molecule has 2 heterocycles. The van der Waals surface area contributed by atoms with Crippen molar-refractivity contribution in [2.45, 2.75) is 26.3 Å². The molecule has 1 saturated heterocycles. The molecule has 0 saturated carbocycles. The number of nitrogens with one attached hydrogen (secondary N) is 1. The summed E-state index contributed by atoms with van der Waals surface area (Å²) in [5, 5.41) is 3.99. The Labute approximate surface area is 197 Å². The Balaban J connectivity index is 1.48. The second-order valence-electron chi connectivity index (χ2n) is 8.25. The molecule has 168 valence electrons. The summed E-state index contributed by atoms with van der Waals surface area (Å²) in [6.45, 7) is 4.08. The van der Waals surface area contributed by atoms with Gasteiger partial charge in [-0.05, 0) is 56.1 Å². The number of piperidine rings is 1. The molecular formula is C24H26Cl2N4O2. The van der Waals surface area contributed by atoms with Crippen LogP contribution in [0.3, 0.4) is 0 Å². The number of hydrogen-bond acceptors (Lipinski definition) is 3. The summed E-state index contributed by atoms with van der Waals surface area (Å²) in [6.07, 6.45) is 1.71. The van der Waals surface area contributed by atoms with Gasteiger partial charge in [0.1, 0.15) is 5.69 Å². The van der Waals surface area contributed by atoms with Crippen molar-refractivity contribution in [3.05, 3.63) is 80.2 Å². The molecule has 8 heteroatoms. The fourth-order valence-electron chi connectivity index (χ4n) is 4.25. The highest BCUT2D eigenvalue weighted by atomic mass is 35.5. The van der Waals surface area contributed by atoms with Gasteiger partial charge in [0.15, 0.2) is 0 Å². The van der Waals surface area contributed by atoms with Crippen molar-refractivity contribution in [1.29, 1.82) is 0 Å². The second-order valence-corrected chi connectivity index (χ2v) is 9.06. The molecule has 0 bridgehead atoms. The molecule has 2 aromatic carbocycles. The molecule has 0 spiro atoms. The van der Waals surface area contributed by atoms with Gasteiger partial charge in [-0.1, -0.05) is 47.5 Å². The largest absolute Gasteiger partial charge is 0.320 e. The number of halogens is 2. The van der Waals surface area contributed by atoms with Gasteiger partial charge in [0.2, 0.25) is 5.91 Å². The van der Waals surface area contributed by atoms with Crippen molar-refractivity contribution in [3.8, 4) is 5.69 Å². The lowest BCUT2D eigenvalue weighted by Gasteiger charge is -2.32. The zero-order chi connectivity index (χ0) is 22.8. The highest BCUT2D eigenvalue weighted by Gasteiger charge is 2.28. The SMILES string of the molecule is Cc1c(NC(=O)C2CCCN(Cc3ccc(Cl)c(Cl)c3)C2)c(=O)n(-c2ccccc2)n1C. The molecular weight excluding hydrogens is 447 g/mol. The predicted molar refractivity (Wildman–Crippen MR) is 129 cm³/mol. The van der Waals surface area contributed by atoms with E-state index < -0.39 is 0 Å². The molecule has 1 aromatic heterocycles. The summed E-state index contributed by atoms with van der Waals surface area (Å²) in [4.78, 5) is 28.4. The molecule has 1 aliphatic rings. The third-order valence-electron chi connectivity index (χ3n) is 6.07. The van der Waals surface area contributed by atoms with Crippen LogP contribution in [0.1, 0.15) is 24.1 Å². The van der Waals surface area contributed by atoms with Crippen LogP contribution in [0.4, 0.5) is 5.69 Å². The number of para-hydroxylation sites is 1. The normalized spacial score (nSPS) is 16.8. The van der Waals surface area contributed by atoms with E-state index in [4.69, 9.17) is 23.2 Å². The van der Waals surface area contributed by atoms with Crippen LogP contribution >= 0.6 is 23.2 Å². The number of benzene rings is 2. The molecule has 1 amide bonds. The first kappa shape index (κ1) is 22.6. The van der Waals surface area contributed by atoms with E-state index in [1.54, 1.807) is 15.4 Å². The van der Waals surface area contributed by atoms with E-state index in [0.717, 1.165) is 36.3 Å². The third kappa shape index (κ3) is 4.63. The van der Waals surface area contributed by atoms with E-state index in [1.807, 2.05) is 56.4 Å². The quantitative estimate of drug-likeness (QED) is 0.588. The Bertz CT molecular complexity index is 1190. The van der Waals surface area contributed by atoms with Crippen molar-refractivity contribution in [2.75, 3.05) is 18.4 Å². The van der Waals surface area contributed by atoms with Crippen LogP contribution < -0.4 is 10.9 Å². The fraction of sp³-hybridized carbons (Fsp3) is 0.333. The van der Waals surface area contributed by atoms with Crippen molar-refractivity contribution in [1.82, 2.24) is 14.3 Å². The summed E-state index contributed by atoms with van der Waals surface area (Å²) < 4.78 is 3.34. The molecule has 1 unspecified atom stereocenters. The highest BCUT2D eigenvalue weighted by Crippen LogP contribution is 2.25. The summed E-state index contributed by atoms with van der Waals surface area (Å²) in [6, 6.07) is 15.0. The minimum atomic E-state index is -0.229. The van der Waals surface area contributed by atoms with E-state index >= 15 is 0 Å². The number of hydrogen-bond donors (Lipinski definition) is 1. The molecule has 3 aromatic rings. The van der Waals surface area contributed by atoms with Crippen LogP contribution in [0.15, 0.2) is 53.3 Å². The number of amides is 1. The molecule has 6 nitrogen and oxygen atoms in total. The first-order valence-electron chi connectivity index (χ1n) is 10.7. The number of nitrogens with zero attached hydrogens (tertiary/aromatic N) is 3. The van der Waals surface area contributed by atoms with E-state index in [1.165, 1.54) is 0 Å². The van der Waals surface area contributed by atoms with Gasteiger partial charge >= 0.3 is 0 Å². The summed E-state index contributed by atoms with van der Waals surface area (Å²) >= 11 is 12.2.